The number of rotatable bonds is 6. The number of anilines is 1. The summed E-state index contributed by atoms with van der Waals surface area (Å²) in [4.78, 5) is 4.08. The standard InChI is InChI=1S/C23H25F2N5S/c1-15-21(27-16(2)29(15)3)30-23(12-7-13-26,17-8-5-4-6-9-17)31-22(28-30)19-14-18(24)10-11-20(19)25/h4-6,8-11,14H,7,12-13,26H2,1-3H3. The third kappa shape index (κ3) is 3.74. The highest BCUT2D eigenvalue weighted by Crippen LogP contribution is 2.52. The number of hydrazone groups is 1. The van der Waals surface area contributed by atoms with Crippen LogP contribution >= 0.6 is 11.8 Å². The molecule has 5 nitrogen and oxygen atoms in total. The second kappa shape index (κ2) is 8.43. The van der Waals surface area contributed by atoms with Crippen molar-refractivity contribution in [1.82, 2.24) is 9.55 Å². The predicted octanol–water partition coefficient (Wildman–Crippen LogP) is 4.82. The van der Waals surface area contributed by atoms with E-state index in [0.29, 0.717) is 23.8 Å². The lowest BCUT2D eigenvalue weighted by Crippen LogP contribution is -2.38. The van der Waals surface area contributed by atoms with E-state index in [2.05, 4.69) is 0 Å². The topological polar surface area (TPSA) is 59.4 Å². The van der Waals surface area contributed by atoms with Gasteiger partial charge in [-0.05, 0) is 57.0 Å². The molecule has 3 aromatic rings. The lowest BCUT2D eigenvalue weighted by molar-refractivity contribution is 0.522. The molecule has 4 rings (SSSR count). The van der Waals surface area contributed by atoms with Gasteiger partial charge >= 0.3 is 0 Å². The number of aryl methyl sites for hydroxylation is 1. The summed E-state index contributed by atoms with van der Waals surface area (Å²) in [5, 5.41) is 7.10. The number of nitrogens with zero attached hydrogens (tertiary/aromatic N) is 4. The van der Waals surface area contributed by atoms with Crippen LogP contribution in [0.2, 0.25) is 0 Å². The van der Waals surface area contributed by atoms with E-state index >= 15 is 0 Å². The third-order valence-corrected chi connectivity index (χ3v) is 7.13. The molecule has 0 bridgehead atoms. The second-order valence-electron chi connectivity index (χ2n) is 7.61. The molecule has 0 aliphatic carbocycles. The van der Waals surface area contributed by atoms with Crippen LogP contribution in [0.4, 0.5) is 14.6 Å². The third-order valence-electron chi connectivity index (χ3n) is 5.68. The molecule has 162 valence electrons. The van der Waals surface area contributed by atoms with Crippen LogP contribution in [0.1, 0.15) is 35.5 Å². The Balaban J connectivity index is 1.94. The molecule has 0 saturated carbocycles. The molecule has 2 aromatic carbocycles. The van der Waals surface area contributed by atoms with Gasteiger partial charge < -0.3 is 10.3 Å². The van der Waals surface area contributed by atoms with Crippen molar-refractivity contribution in [3.63, 3.8) is 0 Å². The molecule has 0 fully saturated rings. The van der Waals surface area contributed by atoms with Crippen molar-refractivity contribution in [2.24, 2.45) is 17.9 Å². The number of benzene rings is 2. The monoisotopic (exact) mass is 441 g/mol. The maximum absolute atomic E-state index is 14.7. The molecule has 0 amide bonds. The Morgan fingerprint density at radius 1 is 1.10 bits per heavy atom. The minimum atomic E-state index is -0.680. The van der Waals surface area contributed by atoms with Crippen LogP contribution in [0.25, 0.3) is 0 Å². The number of imidazole rings is 1. The quantitative estimate of drug-likeness (QED) is 0.596. The van der Waals surface area contributed by atoms with Crippen LogP contribution in [-0.4, -0.2) is 21.1 Å². The van der Waals surface area contributed by atoms with Crippen molar-refractivity contribution in [3.8, 4) is 0 Å². The smallest absolute Gasteiger partial charge is 0.172 e. The Labute approximate surface area is 185 Å². The van der Waals surface area contributed by atoms with Gasteiger partial charge in [-0.3, -0.25) is 0 Å². The maximum atomic E-state index is 14.7. The van der Waals surface area contributed by atoms with Crippen molar-refractivity contribution in [2.45, 2.75) is 31.6 Å². The summed E-state index contributed by atoms with van der Waals surface area (Å²) < 4.78 is 30.7. The summed E-state index contributed by atoms with van der Waals surface area (Å²) >= 11 is 1.42. The zero-order valence-corrected chi connectivity index (χ0v) is 18.6. The Morgan fingerprint density at radius 2 is 1.84 bits per heavy atom. The number of hydrogen-bond donors (Lipinski definition) is 1. The van der Waals surface area contributed by atoms with E-state index in [-0.39, 0.29) is 5.56 Å². The highest BCUT2D eigenvalue weighted by atomic mass is 32.2. The second-order valence-corrected chi connectivity index (χ2v) is 8.88. The summed E-state index contributed by atoms with van der Waals surface area (Å²) in [6.07, 6.45) is 1.40. The molecule has 2 N–H and O–H groups in total. The van der Waals surface area contributed by atoms with E-state index in [0.717, 1.165) is 35.6 Å². The van der Waals surface area contributed by atoms with E-state index in [9.17, 15) is 8.78 Å². The van der Waals surface area contributed by atoms with Crippen molar-refractivity contribution in [3.05, 3.63) is 82.8 Å². The molecule has 2 heterocycles. The summed E-state index contributed by atoms with van der Waals surface area (Å²) in [5.74, 6) is 0.526. The molecule has 1 aliphatic heterocycles. The van der Waals surface area contributed by atoms with Gasteiger partial charge in [-0.25, -0.2) is 18.8 Å². The summed E-state index contributed by atoms with van der Waals surface area (Å²) in [7, 11) is 1.95. The van der Waals surface area contributed by atoms with Crippen LogP contribution in [0, 0.1) is 25.5 Å². The summed E-state index contributed by atoms with van der Waals surface area (Å²) in [5.41, 5.74) is 7.97. The predicted molar refractivity (Wildman–Crippen MR) is 122 cm³/mol. The van der Waals surface area contributed by atoms with E-state index in [1.807, 2.05) is 60.8 Å². The van der Waals surface area contributed by atoms with Gasteiger partial charge in [-0.1, -0.05) is 42.1 Å². The molecule has 1 aromatic heterocycles. The Morgan fingerprint density at radius 3 is 2.48 bits per heavy atom. The zero-order valence-electron chi connectivity index (χ0n) is 17.8. The SMILES string of the molecule is Cc1nc(N2N=C(c3cc(F)ccc3F)SC2(CCCN)c2ccccc2)c(C)n1C. The van der Waals surface area contributed by atoms with E-state index in [1.54, 1.807) is 0 Å². The molecule has 0 saturated heterocycles. The average Bonchev–Trinajstić information content (AvgIpc) is 3.28. The first-order valence-electron chi connectivity index (χ1n) is 10.2. The molecule has 1 atom stereocenters. The highest BCUT2D eigenvalue weighted by molar-refractivity contribution is 8.15. The highest BCUT2D eigenvalue weighted by Gasteiger charge is 2.48. The van der Waals surface area contributed by atoms with E-state index in [4.69, 9.17) is 15.8 Å². The fourth-order valence-corrected chi connectivity index (χ4v) is 5.23. The van der Waals surface area contributed by atoms with Gasteiger partial charge in [0.25, 0.3) is 0 Å². The first kappa shape index (κ1) is 21.5. The summed E-state index contributed by atoms with van der Waals surface area (Å²) in [6.45, 7) is 4.42. The molecule has 1 unspecified atom stereocenters. The lowest BCUT2D eigenvalue weighted by Gasteiger charge is -2.36. The first-order valence-corrected chi connectivity index (χ1v) is 11.0. The van der Waals surface area contributed by atoms with Crippen LogP contribution in [0.3, 0.4) is 0 Å². The Kier molecular flexibility index (Phi) is 5.85. The van der Waals surface area contributed by atoms with Crippen LogP contribution in [0.15, 0.2) is 53.6 Å². The number of nitrogens with two attached hydrogens (primary N) is 1. The lowest BCUT2D eigenvalue weighted by atomic mass is 10.00. The first-order chi connectivity index (χ1) is 14.9. The molecule has 0 spiro atoms. The average molecular weight is 442 g/mol. The fraction of sp³-hybridized carbons (Fsp3) is 0.304. The minimum Gasteiger partial charge on any atom is -0.334 e. The van der Waals surface area contributed by atoms with Gasteiger partial charge in [0, 0.05) is 12.6 Å². The van der Waals surface area contributed by atoms with Gasteiger partial charge in [-0.15, -0.1) is 0 Å². The minimum absolute atomic E-state index is 0.144. The number of halogens is 2. The molecular weight excluding hydrogens is 416 g/mol. The molecule has 0 radical (unpaired) electrons. The molecular formula is C23H25F2N5S. The van der Waals surface area contributed by atoms with Gasteiger partial charge in [0.2, 0.25) is 0 Å². The van der Waals surface area contributed by atoms with E-state index < -0.39 is 16.5 Å². The number of hydrogen-bond acceptors (Lipinski definition) is 5. The Bertz CT molecular complexity index is 1130. The molecule has 8 heteroatoms. The van der Waals surface area contributed by atoms with Gasteiger partial charge in [0.15, 0.2) is 5.82 Å². The van der Waals surface area contributed by atoms with Crippen molar-refractivity contribution in [1.29, 1.82) is 0 Å². The van der Waals surface area contributed by atoms with Crippen LogP contribution in [-0.2, 0) is 11.9 Å². The van der Waals surface area contributed by atoms with Crippen LogP contribution in [0.5, 0.6) is 0 Å². The van der Waals surface area contributed by atoms with Crippen molar-refractivity contribution < 1.29 is 8.78 Å². The van der Waals surface area contributed by atoms with Gasteiger partial charge in [0.1, 0.15) is 27.4 Å². The molecule has 31 heavy (non-hydrogen) atoms. The molecule has 1 aliphatic rings. The van der Waals surface area contributed by atoms with Crippen LogP contribution < -0.4 is 10.7 Å². The van der Waals surface area contributed by atoms with Gasteiger partial charge in [0.05, 0.1) is 5.69 Å². The zero-order chi connectivity index (χ0) is 22.2. The normalized spacial score (nSPS) is 18.5. The van der Waals surface area contributed by atoms with Gasteiger partial charge in [-0.2, -0.15) is 5.10 Å². The fourth-order valence-electron chi connectivity index (χ4n) is 3.81. The largest absolute Gasteiger partial charge is 0.334 e. The number of thioether (sulfide) groups is 1. The Hall–Kier alpha value is -2.71. The maximum Gasteiger partial charge on any atom is 0.172 e. The van der Waals surface area contributed by atoms with E-state index in [1.165, 1.54) is 17.8 Å². The van der Waals surface area contributed by atoms with Crippen molar-refractivity contribution >= 4 is 22.6 Å². The summed E-state index contributed by atoms with van der Waals surface area (Å²) in [6, 6.07) is 13.4. The van der Waals surface area contributed by atoms with Crippen molar-refractivity contribution in [2.75, 3.05) is 11.6 Å². The number of aromatic nitrogens is 2.